The van der Waals surface area contributed by atoms with E-state index < -0.39 is 0 Å². The monoisotopic (exact) mass is 345 g/mol. The molecule has 0 unspecified atom stereocenters. The lowest BCUT2D eigenvalue weighted by Crippen LogP contribution is -2.49. The number of pyridine rings is 1. The topological polar surface area (TPSA) is 69.6 Å². The lowest BCUT2D eigenvalue weighted by Gasteiger charge is -2.31. The summed E-state index contributed by atoms with van der Waals surface area (Å²) in [5, 5.41) is 6.72. The first-order valence-electron chi connectivity index (χ1n) is 9.04. The van der Waals surface area contributed by atoms with Gasteiger partial charge in [-0.15, -0.1) is 0 Å². The van der Waals surface area contributed by atoms with E-state index in [0.29, 0.717) is 6.54 Å². The molecule has 138 valence electrons. The fourth-order valence-corrected chi connectivity index (χ4v) is 3.56. The van der Waals surface area contributed by atoms with Crippen LogP contribution in [0.5, 0.6) is 0 Å². The van der Waals surface area contributed by atoms with Crippen LogP contribution < -0.4 is 10.6 Å². The Kier molecular flexibility index (Phi) is 6.79. The Bertz CT molecular complexity index is 606. The molecule has 1 fully saturated rings. The van der Waals surface area contributed by atoms with Crippen molar-refractivity contribution in [3.63, 3.8) is 0 Å². The number of guanidine groups is 1. The molecule has 0 radical (unpaired) electrons. The van der Waals surface area contributed by atoms with E-state index >= 15 is 0 Å². The van der Waals surface area contributed by atoms with Crippen molar-refractivity contribution in [1.82, 2.24) is 20.5 Å². The second-order valence-electron chi connectivity index (χ2n) is 7.09. The molecule has 6 heteroatoms. The molecule has 1 aromatic heterocycles. The van der Waals surface area contributed by atoms with E-state index in [9.17, 15) is 4.79 Å². The lowest BCUT2D eigenvalue weighted by molar-refractivity contribution is -0.138. The van der Waals surface area contributed by atoms with Gasteiger partial charge in [0.15, 0.2) is 5.96 Å². The minimum Gasteiger partial charge on any atom is -0.356 e. The second kappa shape index (κ2) is 8.83. The Hall–Kier alpha value is -2.11. The van der Waals surface area contributed by atoms with Crippen molar-refractivity contribution in [1.29, 1.82) is 0 Å². The van der Waals surface area contributed by atoms with E-state index in [1.54, 1.807) is 11.9 Å². The molecule has 0 aliphatic heterocycles. The normalized spacial score (nSPS) is 16.6. The third kappa shape index (κ3) is 4.94. The van der Waals surface area contributed by atoms with Gasteiger partial charge < -0.3 is 15.5 Å². The van der Waals surface area contributed by atoms with Crippen LogP contribution in [0, 0.1) is 12.3 Å². The van der Waals surface area contributed by atoms with Crippen molar-refractivity contribution >= 4 is 11.9 Å². The van der Waals surface area contributed by atoms with Crippen molar-refractivity contribution in [3.8, 4) is 0 Å². The Labute approximate surface area is 151 Å². The number of amides is 1. The highest BCUT2D eigenvalue weighted by Crippen LogP contribution is 2.38. The van der Waals surface area contributed by atoms with E-state index in [1.165, 1.54) is 11.1 Å². The van der Waals surface area contributed by atoms with Gasteiger partial charge >= 0.3 is 0 Å². The van der Waals surface area contributed by atoms with Gasteiger partial charge in [0.2, 0.25) is 5.91 Å². The van der Waals surface area contributed by atoms with Gasteiger partial charge in [0.1, 0.15) is 0 Å². The molecule has 0 atom stereocenters. The number of hydrogen-bond donors (Lipinski definition) is 2. The molecule has 6 nitrogen and oxygen atoms in total. The summed E-state index contributed by atoms with van der Waals surface area (Å²) in [5.41, 5.74) is 2.20. The molecule has 0 saturated heterocycles. The molecule has 1 aliphatic carbocycles. The molecule has 1 heterocycles. The molecule has 1 amide bonds. The van der Waals surface area contributed by atoms with Crippen LogP contribution in [0.15, 0.2) is 23.5 Å². The lowest BCUT2D eigenvalue weighted by atomic mass is 9.84. The fraction of sp³-hybridized carbons (Fsp3) is 0.632. The highest BCUT2D eigenvalue weighted by Gasteiger charge is 2.42. The number of nitrogens with one attached hydrogen (secondary N) is 2. The van der Waals surface area contributed by atoms with Crippen LogP contribution in [-0.4, -0.2) is 56.0 Å². The summed E-state index contributed by atoms with van der Waals surface area (Å²) >= 11 is 0. The number of carbonyl (C=O) groups is 1. The number of aliphatic imine (C=N–C) groups is 1. The Balaban J connectivity index is 1.87. The zero-order valence-corrected chi connectivity index (χ0v) is 15.9. The smallest absolute Gasteiger partial charge is 0.230 e. The molecule has 25 heavy (non-hydrogen) atoms. The zero-order valence-electron chi connectivity index (χ0n) is 15.9. The predicted octanol–water partition coefficient (Wildman–Crippen LogP) is 1.75. The number of carbonyl (C=O) groups excluding carboxylic acids is 1. The molecular formula is C19H31N5O. The van der Waals surface area contributed by atoms with Gasteiger partial charge in [-0.2, -0.15) is 0 Å². The van der Waals surface area contributed by atoms with Crippen LogP contribution in [0.4, 0.5) is 0 Å². The van der Waals surface area contributed by atoms with E-state index in [0.717, 1.165) is 44.6 Å². The SMILES string of the molecule is CN=C(NCCc1ccncc1C)NCC1(C(=O)N(C)C)CCCC1. The largest absolute Gasteiger partial charge is 0.356 e. The quantitative estimate of drug-likeness (QED) is 0.609. The van der Waals surface area contributed by atoms with Crippen molar-refractivity contribution in [2.75, 3.05) is 34.2 Å². The predicted molar refractivity (Wildman–Crippen MR) is 102 cm³/mol. The molecule has 2 rings (SSSR count). The summed E-state index contributed by atoms with van der Waals surface area (Å²) in [5.74, 6) is 0.977. The standard InChI is InChI=1S/C19H31N5O/c1-15-13-21-11-7-16(15)8-12-22-18(20-2)23-14-19(9-5-6-10-19)17(25)24(3)4/h7,11,13H,5-6,8-10,12,14H2,1-4H3,(H2,20,22,23). The van der Waals surface area contributed by atoms with E-state index in [1.807, 2.05) is 26.5 Å². The van der Waals surface area contributed by atoms with Gasteiger partial charge in [-0.3, -0.25) is 14.8 Å². The van der Waals surface area contributed by atoms with Gasteiger partial charge in [0, 0.05) is 46.6 Å². The Morgan fingerprint density at radius 2 is 2.04 bits per heavy atom. The van der Waals surface area contributed by atoms with Crippen molar-refractivity contribution in [2.45, 2.75) is 39.0 Å². The summed E-state index contributed by atoms with van der Waals surface area (Å²) in [7, 11) is 5.45. The second-order valence-corrected chi connectivity index (χ2v) is 7.09. The first kappa shape index (κ1) is 19.2. The summed E-state index contributed by atoms with van der Waals surface area (Å²) in [6, 6.07) is 2.05. The van der Waals surface area contributed by atoms with Gasteiger partial charge in [0.05, 0.1) is 5.41 Å². The molecule has 0 spiro atoms. The van der Waals surface area contributed by atoms with E-state index in [-0.39, 0.29) is 11.3 Å². The van der Waals surface area contributed by atoms with E-state index in [2.05, 4.69) is 33.6 Å². The third-order valence-electron chi connectivity index (χ3n) is 5.06. The zero-order chi connectivity index (χ0) is 18.3. The number of rotatable bonds is 6. The minimum absolute atomic E-state index is 0.223. The maximum Gasteiger partial charge on any atom is 0.230 e. The summed E-state index contributed by atoms with van der Waals surface area (Å²) < 4.78 is 0. The Morgan fingerprint density at radius 1 is 1.32 bits per heavy atom. The van der Waals surface area contributed by atoms with Gasteiger partial charge in [0.25, 0.3) is 0 Å². The van der Waals surface area contributed by atoms with Crippen LogP contribution in [0.1, 0.15) is 36.8 Å². The number of aromatic nitrogens is 1. The maximum atomic E-state index is 12.6. The number of aryl methyl sites for hydroxylation is 1. The van der Waals surface area contributed by atoms with Crippen LogP contribution in [-0.2, 0) is 11.2 Å². The fourth-order valence-electron chi connectivity index (χ4n) is 3.56. The molecule has 1 aromatic rings. The molecule has 1 aliphatic rings. The van der Waals surface area contributed by atoms with Crippen molar-refractivity contribution in [3.05, 3.63) is 29.6 Å². The molecule has 0 bridgehead atoms. The number of hydrogen-bond acceptors (Lipinski definition) is 3. The van der Waals surface area contributed by atoms with Gasteiger partial charge in [-0.25, -0.2) is 0 Å². The molecule has 1 saturated carbocycles. The first-order valence-corrected chi connectivity index (χ1v) is 9.04. The van der Waals surface area contributed by atoms with Crippen molar-refractivity contribution < 1.29 is 4.79 Å². The summed E-state index contributed by atoms with van der Waals surface area (Å²) in [4.78, 5) is 22.8. The van der Waals surface area contributed by atoms with Gasteiger partial charge in [-0.1, -0.05) is 12.8 Å². The minimum atomic E-state index is -0.289. The van der Waals surface area contributed by atoms with Crippen molar-refractivity contribution in [2.24, 2.45) is 10.4 Å². The average molecular weight is 345 g/mol. The Morgan fingerprint density at radius 3 is 2.64 bits per heavy atom. The summed E-state index contributed by atoms with van der Waals surface area (Å²) in [6.45, 7) is 3.50. The summed E-state index contributed by atoms with van der Waals surface area (Å²) in [6.07, 6.45) is 8.76. The van der Waals surface area contributed by atoms with Crippen LogP contribution >= 0.6 is 0 Å². The molecule has 2 N–H and O–H groups in total. The van der Waals surface area contributed by atoms with Crippen LogP contribution in [0.2, 0.25) is 0 Å². The average Bonchev–Trinajstić information content (AvgIpc) is 3.08. The molecule has 0 aromatic carbocycles. The highest BCUT2D eigenvalue weighted by molar-refractivity contribution is 5.85. The van der Waals surface area contributed by atoms with E-state index in [4.69, 9.17) is 0 Å². The van der Waals surface area contributed by atoms with Crippen LogP contribution in [0.3, 0.4) is 0 Å². The number of nitrogens with zero attached hydrogens (tertiary/aromatic N) is 3. The van der Waals surface area contributed by atoms with Gasteiger partial charge in [-0.05, 0) is 43.4 Å². The molecular weight excluding hydrogens is 314 g/mol. The maximum absolute atomic E-state index is 12.6. The highest BCUT2D eigenvalue weighted by atomic mass is 16.2. The van der Waals surface area contributed by atoms with Crippen LogP contribution in [0.25, 0.3) is 0 Å². The third-order valence-corrected chi connectivity index (χ3v) is 5.06. The first-order chi connectivity index (χ1) is 12.0.